The average molecular weight is 242 g/mol. The Morgan fingerprint density at radius 2 is 2.11 bits per heavy atom. The highest BCUT2D eigenvalue weighted by Gasteiger charge is 2.29. The molecule has 2 heteroatoms. The van der Waals surface area contributed by atoms with E-state index in [1.165, 1.54) is 29.2 Å². The summed E-state index contributed by atoms with van der Waals surface area (Å²) < 4.78 is 5.28. The lowest BCUT2D eigenvalue weighted by molar-refractivity contribution is 0.152. The van der Waals surface area contributed by atoms with Crippen LogP contribution in [0.3, 0.4) is 0 Å². The monoisotopic (exact) mass is 242 g/mol. The second-order valence-electron chi connectivity index (χ2n) is 5.11. The standard InChI is InChI=1S/C16H18O2/c1-18-14-8-7-11-3-2-4-13(15(11)10-14)9-16(17)12-5-6-12/h2-4,7-8,10,12,16-17H,5-6,9H2,1H3. The molecule has 0 bridgehead atoms. The maximum absolute atomic E-state index is 10.1. The molecule has 0 aliphatic heterocycles. The quantitative estimate of drug-likeness (QED) is 0.892. The van der Waals surface area contributed by atoms with Crippen LogP contribution in [0.2, 0.25) is 0 Å². The summed E-state index contributed by atoms with van der Waals surface area (Å²) >= 11 is 0. The molecule has 18 heavy (non-hydrogen) atoms. The first kappa shape index (κ1) is 11.5. The van der Waals surface area contributed by atoms with E-state index in [2.05, 4.69) is 30.3 Å². The van der Waals surface area contributed by atoms with Gasteiger partial charge in [-0.05, 0) is 53.6 Å². The van der Waals surface area contributed by atoms with Gasteiger partial charge in [-0.3, -0.25) is 0 Å². The van der Waals surface area contributed by atoms with Gasteiger partial charge in [-0.2, -0.15) is 0 Å². The van der Waals surface area contributed by atoms with Crippen LogP contribution < -0.4 is 4.74 Å². The number of fused-ring (bicyclic) bond motifs is 1. The molecule has 2 aromatic carbocycles. The Labute approximate surface area is 107 Å². The van der Waals surface area contributed by atoms with Crippen LogP contribution in [0.25, 0.3) is 10.8 Å². The SMILES string of the molecule is COc1ccc2cccc(CC(O)C3CC3)c2c1. The second kappa shape index (κ2) is 4.62. The van der Waals surface area contributed by atoms with E-state index >= 15 is 0 Å². The van der Waals surface area contributed by atoms with Crippen LogP contribution in [0, 0.1) is 5.92 Å². The van der Waals surface area contributed by atoms with Gasteiger partial charge in [0, 0.05) is 0 Å². The number of aliphatic hydroxyl groups excluding tert-OH is 1. The number of benzene rings is 2. The van der Waals surface area contributed by atoms with Gasteiger partial charge >= 0.3 is 0 Å². The van der Waals surface area contributed by atoms with Crippen LogP contribution in [0.15, 0.2) is 36.4 Å². The Morgan fingerprint density at radius 1 is 1.28 bits per heavy atom. The molecule has 1 atom stereocenters. The summed E-state index contributed by atoms with van der Waals surface area (Å²) in [7, 11) is 1.68. The van der Waals surface area contributed by atoms with Gasteiger partial charge < -0.3 is 9.84 Å². The van der Waals surface area contributed by atoms with E-state index in [4.69, 9.17) is 4.74 Å². The number of ether oxygens (including phenoxy) is 1. The van der Waals surface area contributed by atoms with Crippen molar-refractivity contribution in [2.45, 2.75) is 25.4 Å². The summed E-state index contributed by atoms with van der Waals surface area (Å²) in [5.41, 5.74) is 1.21. The molecule has 1 aliphatic rings. The summed E-state index contributed by atoms with van der Waals surface area (Å²) in [6.07, 6.45) is 2.90. The summed E-state index contributed by atoms with van der Waals surface area (Å²) in [5, 5.41) is 12.5. The van der Waals surface area contributed by atoms with Crippen LogP contribution in [0.1, 0.15) is 18.4 Å². The van der Waals surface area contributed by atoms with E-state index in [1.54, 1.807) is 7.11 Å². The van der Waals surface area contributed by atoms with E-state index in [0.717, 1.165) is 12.2 Å². The third kappa shape index (κ3) is 2.21. The first-order valence-electron chi connectivity index (χ1n) is 6.51. The molecular weight excluding hydrogens is 224 g/mol. The summed E-state index contributed by atoms with van der Waals surface area (Å²) in [5.74, 6) is 1.39. The van der Waals surface area contributed by atoms with Crippen LogP contribution >= 0.6 is 0 Å². The number of hydrogen-bond acceptors (Lipinski definition) is 2. The van der Waals surface area contributed by atoms with Crippen LogP contribution in [-0.2, 0) is 6.42 Å². The van der Waals surface area contributed by atoms with Gasteiger partial charge in [0.2, 0.25) is 0 Å². The summed E-state index contributed by atoms with van der Waals surface area (Å²) in [6.45, 7) is 0. The molecule has 0 saturated heterocycles. The largest absolute Gasteiger partial charge is 0.497 e. The molecule has 0 aromatic heterocycles. The molecule has 1 unspecified atom stereocenters. The maximum Gasteiger partial charge on any atom is 0.119 e. The fraction of sp³-hybridized carbons (Fsp3) is 0.375. The fourth-order valence-corrected chi connectivity index (χ4v) is 2.49. The van der Waals surface area contributed by atoms with E-state index < -0.39 is 0 Å². The van der Waals surface area contributed by atoms with Gasteiger partial charge in [0.05, 0.1) is 13.2 Å². The topological polar surface area (TPSA) is 29.5 Å². The van der Waals surface area contributed by atoms with Gasteiger partial charge in [0.1, 0.15) is 5.75 Å². The zero-order valence-corrected chi connectivity index (χ0v) is 10.6. The second-order valence-corrected chi connectivity index (χ2v) is 5.11. The molecule has 0 spiro atoms. The van der Waals surface area contributed by atoms with E-state index in [0.29, 0.717) is 5.92 Å². The Kier molecular flexibility index (Phi) is 2.96. The van der Waals surface area contributed by atoms with Crippen molar-refractivity contribution in [2.24, 2.45) is 5.92 Å². The van der Waals surface area contributed by atoms with Crippen molar-refractivity contribution >= 4 is 10.8 Å². The molecule has 1 fully saturated rings. The number of hydrogen-bond donors (Lipinski definition) is 1. The maximum atomic E-state index is 10.1. The number of rotatable bonds is 4. The molecule has 2 nitrogen and oxygen atoms in total. The molecular formula is C16H18O2. The summed E-state index contributed by atoms with van der Waals surface area (Å²) in [6, 6.07) is 12.4. The number of methoxy groups -OCH3 is 1. The van der Waals surface area contributed by atoms with Crippen molar-refractivity contribution in [2.75, 3.05) is 7.11 Å². The Morgan fingerprint density at radius 3 is 2.83 bits per heavy atom. The lowest BCUT2D eigenvalue weighted by Gasteiger charge is -2.12. The normalized spacial score (nSPS) is 16.8. The van der Waals surface area contributed by atoms with Crippen LogP contribution in [0.5, 0.6) is 5.75 Å². The summed E-state index contributed by atoms with van der Waals surface area (Å²) in [4.78, 5) is 0. The van der Waals surface area contributed by atoms with E-state index in [1.807, 2.05) is 6.07 Å². The smallest absolute Gasteiger partial charge is 0.119 e. The third-order valence-corrected chi connectivity index (χ3v) is 3.77. The Hall–Kier alpha value is -1.54. The minimum absolute atomic E-state index is 0.193. The lowest BCUT2D eigenvalue weighted by atomic mass is 9.98. The molecule has 3 rings (SSSR count). The molecule has 0 amide bonds. The van der Waals surface area contributed by atoms with Gasteiger partial charge in [0.15, 0.2) is 0 Å². The van der Waals surface area contributed by atoms with Gasteiger partial charge in [-0.25, -0.2) is 0 Å². The molecule has 2 aromatic rings. The molecule has 1 N–H and O–H groups in total. The van der Waals surface area contributed by atoms with Crippen LogP contribution in [0.4, 0.5) is 0 Å². The predicted molar refractivity (Wildman–Crippen MR) is 72.9 cm³/mol. The predicted octanol–water partition coefficient (Wildman–Crippen LogP) is 3.16. The lowest BCUT2D eigenvalue weighted by Crippen LogP contribution is -2.12. The molecule has 94 valence electrons. The highest BCUT2D eigenvalue weighted by molar-refractivity contribution is 5.87. The zero-order chi connectivity index (χ0) is 12.5. The number of aliphatic hydroxyl groups is 1. The molecule has 1 saturated carbocycles. The first-order chi connectivity index (χ1) is 8.78. The molecule has 1 aliphatic carbocycles. The van der Waals surface area contributed by atoms with Crippen molar-refractivity contribution in [3.8, 4) is 5.75 Å². The van der Waals surface area contributed by atoms with Crippen molar-refractivity contribution in [1.82, 2.24) is 0 Å². The minimum Gasteiger partial charge on any atom is -0.497 e. The Balaban J connectivity index is 1.98. The van der Waals surface area contributed by atoms with Crippen molar-refractivity contribution < 1.29 is 9.84 Å². The molecule has 0 radical (unpaired) electrons. The highest BCUT2D eigenvalue weighted by atomic mass is 16.5. The zero-order valence-electron chi connectivity index (χ0n) is 10.6. The van der Waals surface area contributed by atoms with E-state index in [9.17, 15) is 5.11 Å². The van der Waals surface area contributed by atoms with Gasteiger partial charge in [0.25, 0.3) is 0 Å². The van der Waals surface area contributed by atoms with Crippen molar-refractivity contribution in [3.05, 3.63) is 42.0 Å². The van der Waals surface area contributed by atoms with Crippen LogP contribution in [-0.4, -0.2) is 18.3 Å². The highest BCUT2D eigenvalue weighted by Crippen LogP contribution is 2.35. The third-order valence-electron chi connectivity index (χ3n) is 3.77. The van der Waals surface area contributed by atoms with Crippen molar-refractivity contribution in [3.63, 3.8) is 0 Å². The van der Waals surface area contributed by atoms with Gasteiger partial charge in [-0.15, -0.1) is 0 Å². The fourth-order valence-electron chi connectivity index (χ4n) is 2.49. The van der Waals surface area contributed by atoms with Crippen molar-refractivity contribution in [1.29, 1.82) is 0 Å². The van der Waals surface area contributed by atoms with E-state index in [-0.39, 0.29) is 6.10 Å². The van der Waals surface area contributed by atoms with Gasteiger partial charge in [-0.1, -0.05) is 24.3 Å². The Bertz CT molecular complexity index is 558. The minimum atomic E-state index is -0.193. The average Bonchev–Trinajstić information content (AvgIpc) is 3.23. The molecule has 0 heterocycles. The first-order valence-corrected chi connectivity index (χ1v) is 6.51.